The first-order chi connectivity index (χ1) is 14.7. The Morgan fingerprint density at radius 3 is 2.52 bits per heavy atom. The van der Waals surface area contributed by atoms with Gasteiger partial charge in [-0.2, -0.15) is 10.4 Å². The highest BCUT2D eigenvalue weighted by atomic mass is 35.5. The predicted octanol–water partition coefficient (Wildman–Crippen LogP) is 5.08. The third-order valence-electron chi connectivity index (χ3n) is 4.99. The van der Waals surface area contributed by atoms with Gasteiger partial charge in [0.1, 0.15) is 16.1 Å². The molecule has 1 N–H and O–H groups in total. The van der Waals surface area contributed by atoms with Crippen LogP contribution in [0.15, 0.2) is 30.1 Å². The summed E-state index contributed by atoms with van der Waals surface area (Å²) in [6.45, 7) is 9.35. The van der Waals surface area contributed by atoms with Gasteiger partial charge in [0.25, 0.3) is 0 Å². The predicted molar refractivity (Wildman–Crippen MR) is 125 cm³/mol. The van der Waals surface area contributed by atoms with Crippen molar-refractivity contribution in [2.45, 2.75) is 40.2 Å². The average Bonchev–Trinajstić information content (AvgIpc) is 2.99. The molecular weight excluding hydrogens is 433 g/mol. The summed E-state index contributed by atoms with van der Waals surface area (Å²) in [4.78, 5) is 10.7. The largest absolute Gasteiger partial charge is 0.365 e. The van der Waals surface area contributed by atoms with E-state index in [1.54, 1.807) is 12.1 Å². The number of halogens is 2. The molecule has 0 fully saturated rings. The van der Waals surface area contributed by atoms with Crippen LogP contribution in [0.2, 0.25) is 10.3 Å². The maximum Gasteiger partial charge on any atom is 0.158 e. The van der Waals surface area contributed by atoms with Gasteiger partial charge < -0.3 is 10.2 Å². The summed E-state index contributed by atoms with van der Waals surface area (Å²) >= 11 is 12.2. The molecule has 7 nitrogen and oxygen atoms in total. The number of hydrogen-bond acceptors (Lipinski definition) is 6. The Morgan fingerprint density at radius 2 is 1.94 bits per heavy atom. The zero-order valence-electron chi connectivity index (χ0n) is 18.2. The standard InChI is InChI=1S/C22H25Cl2N7/c1-6-31(16-10-18(23)28-19(24)11-16)20(7-8-25)26-12-15-9-17(13(2)3)21-14(4)29-30(5)22(21)27-15/h7,9-11,13,26H,6,12H2,1-5H3/b20-7-. The fraction of sp³-hybridized carbons (Fsp3) is 0.364. The molecule has 9 heteroatoms. The molecule has 3 aromatic rings. The SMILES string of the molecule is CCN(/C(=C\C#N)NCc1cc(C(C)C)c2c(C)nn(C)c2n1)c1cc(Cl)nc(Cl)c1. The Morgan fingerprint density at radius 1 is 1.26 bits per heavy atom. The molecule has 3 heterocycles. The normalized spacial score (nSPS) is 11.8. The number of pyridine rings is 2. The molecule has 3 aromatic heterocycles. The molecule has 0 spiro atoms. The first-order valence-electron chi connectivity index (χ1n) is 10.0. The minimum Gasteiger partial charge on any atom is -0.365 e. The average molecular weight is 458 g/mol. The maximum absolute atomic E-state index is 9.35. The van der Waals surface area contributed by atoms with Crippen molar-refractivity contribution < 1.29 is 0 Å². The quantitative estimate of drug-likeness (QED) is 0.393. The van der Waals surface area contributed by atoms with Crippen molar-refractivity contribution in [3.8, 4) is 6.07 Å². The van der Waals surface area contributed by atoms with E-state index in [4.69, 9.17) is 28.2 Å². The van der Waals surface area contributed by atoms with Crippen LogP contribution in [0.25, 0.3) is 11.0 Å². The lowest BCUT2D eigenvalue weighted by Crippen LogP contribution is -2.31. The first-order valence-corrected chi connectivity index (χ1v) is 10.8. The van der Waals surface area contributed by atoms with Gasteiger partial charge in [-0.25, -0.2) is 9.97 Å². The number of aryl methyl sites for hydroxylation is 2. The number of rotatable bonds is 7. The summed E-state index contributed by atoms with van der Waals surface area (Å²) in [5, 5.41) is 18.9. The number of hydrogen-bond donors (Lipinski definition) is 1. The minimum atomic E-state index is 0.289. The fourth-order valence-electron chi connectivity index (χ4n) is 3.64. The van der Waals surface area contributed by atoms with Crippen LogP contribution in [-0.4, -0.2) is 26.3 Å². The Balaban J connectivity index is 1.95. The molecule has 0 bridgehead atoms. The molecule has 0 aliphatic heterocycles. The van der Waals surface area contributed by atoms with Crippen LogP contribution in [0, 0.1) is 18.3 Å². The Hall–Kier alpha value is -2.82. The van der Waals surface area contributed by atoms with E-state index in [1.165, 1.54) is 11.6 Å². The monoisotopic (exact) mass is 457 g/mol. The molecule has 0 aliphatic carbocycles. The molecule has 0 amide bonds. The van der Waals surface area contributed by atoms with Gasteiger partial charge in [-0.3, -0.25) is 4.68 Å². The van der Waals surface area contributed by atoms with Crippen molar-refractivity contribution in [3.05, 3.63) is 57.4 Å². The van der Waals surface area contributed by atoms with Crippen LogP contribution in [0.1, 0.15) is 43.6 Å². The molecule has 0 aliphatic rings. The topological polar surface area (TPSA) is 82.7 Å². The molecule has 0 atom stereocenters. The van der Waals surface area contributed by atoms with E-state index in [2.05, 4.69) is 41.4 Å². The van der Waals surface area contributed by atoms with Crippen LogP contribution < -0.4 is 10.2 Å². The molecule has 0 radical (unpaired) electrons. The van der Waals surface area contributed by atoms with Crippen molar-refractivity contribution >= 4 is 39.9 Å². The molecular formula is C22H25Cl2N7. The third-order valence-corrected chi connectivity index (χ3v) is 5.38. The Labute approximate surface area is 192 Å². The fourth-order valence-corrected chi connectivity index (χ4v) is 4.09. The number of allylic oxidation sites excluding steroid dienone is 1. The summed E-state index contributed by atoms with van der Waals surface area (Å²) in [7, 11) is 1.90. The number of nitrogens with one attached hydrogen (secondary N) is 1. The highest BCUT2D eigenvalue weighted by Gasteiger charge is 2.17. The van der Waals surface area contributed by atoms with Crippen LogP contribution >= 0.6 is 23.2 Å². The van der Waals surface area contributed by atoms with Crippen LogP contribution in [0.3, 0.4) is 0 Å². The Kier molecular flexibility index (Phi) is 7.04. The van der Waals surface area contributed by atoms with Gasteiger partial charge in [-0.1, -0.05) is 37.0 Å². The summed E-state index contributed by atoms with van der Waals surface area (Å²) in [6, 6.07) is 7.64. The molecule has 0 saturated heterocycles. The number of aromatic nitrogens is 4. The second-order valence-corrected chi connectivity index (χ2v) is 8.27. The number of nitriles is 1. The van der Waals surface area contributed by atoms with E-state index in [-0.39, 0.29) is 10.3 Å². The number of nitrogens with zero attached hydrogens (tertiary/aromatic N) is 6. The van der Waals surface area contributed by atoms with Gasteiger partial charge in [0.2, 0.25) is 0 Å². The van der Waals surface area contributed by atoms with E-state index in [0.29, 0.717) is 24.8 Å². The minimum absolute atomic E-state index is 0.289. The van der Waals surface area contributed by atoms with Gasteiger partial charge in [0, 0.05) is 24.7 Å². The highest BCUT2D eigenvalue weighted by Crippen LogP contribution is 2.28. The second kappa shape index (κ2) is 9.54. The summed E-state index contributed by atoms with van der Waals surface area (Å²) in [5.74, 6) is 0.951. The molecule has 0 aromatic carbocycles. The van der Waals surface area contributed by atoms with E-state index in [0.717, 1.165) is 28.1 Å². The van der Waals surface area contributed by atoms with Gasteiger partial charge >= 0.3 is 0 Å². The van der Waals surface area contributed by atoms with Crippen molar-refractivity contribution in [1.82, 2.24) is 25.1 Å². The molecule has 3 rings (SSSR count). The number of anilines is 1. The van der Waals surface area contributed by atoms with Crippen molar-refractivity contribution in [1.29, 1.82) is 5.26 Å². The molecule has 0 unspecified atom stereocenters. The van der Waals surface area contributed by atoms with Crippen molar-refractivity contribution in [2.75, 3.05) is 11.4 Å². The van der Waals surface area contributed by atoms with E-state index in [1.807, 2.05) is 30.5 Å². The zero-order chi connectivity index (χ0) is 22.7. The maximum atomic E-state index is 9.35. The molecule has 0 saturated carbocycles. The van der Waals surface area contributed by atoms with Crippen LogP contribution in [-0.2, 0) is 13.6 Å². The number of fused-ring (bicyclic) bond motifs is 1. The van der Waals surface area contributed by atoms with Gasteiger partial charge in [-0.15, -0.1) is 0 Å². The first kappa shape index (κ1) is 22.9. The van der Waals surface area contributed by atoms with Gasteiger partial charge in [-0.05, 0) is 43.5 Å². The van der Waals surface area contributed by atoms with Gasteiger partial charge in [0.15, 0.2) is 5.65 Å². The van der Waals surface area contributed by atoms with E-state index < -0.39 is 0 Å². The Bertz CT molecular complexity index is 1150. The lowest BCUT2D eigenvalue weighted by molar-refractivity contribution is 0.727. The second-order valence-electron chi connectivity index (χ2n) is 7.49. The summed E-state index contributed by atoms with van der Waals surface area (Å²) < 4.78 is 1.81. The lowest BCUT2D eigenvalue weighted by atomic mass is 9.99. The van der Waals surface area contributed by atoms with Crippen LogP contribution in [0.4, 0.5) is 5.69 Å². The zero-order valence-corrected chi connectivity index (χ0v) is 19.8. The molecule has 31 heavy (non-hydrogen) atoms. The van der Waals surface area contributed by atoms with E-state index >= 15 is 0 Å². The summed E-state index contributed by atoms with van der Waals surface area (Å²) in [5.41, 5.74) is 4.64. The smallest absolute Gasteiger partial charge is 0.158 e. The molecule has 162 valence electrons. The summed E-state index contributed by atoms with van der Waals surface area (Å²) in [6.07, 6.45) is 1.46. The third kappa shape index (κ3) is 4.92. The van der Waals surface area contributed by atoms with Crippen molar-refractivity contribution in [3.63, 3.8) is 0 Å². The van der Waals surface area contributed by atoms with E-state index in [9.17, 15) is 5.26 Å². The lowest BCUT2D eigenvalue weighted by Gasteiger charge is -2.26. The highest BCUT2D eigenvalue weighted by molar-refractivity contribution is 6.32. The van der Waals surface area contributed by atoms with Gasteiger partial charge in [0.05, 0.1) is 30.1 Å². The van der Waals surface area contributed by atoms with Crippen molar-refractivity contribution in [2.24, 2.45) is 7.05 Å². The van der Waals surface area contributed by atoms with Crippen LogP contribution in [0.5, 0.6) is 0 Å².